The lowest BCUT2D eigenvalue weighted by molar-refractivity contribution is 0.761. The summed E-state index contributed by atoms with van der Waals surface area (Å²) >= 11 is 0. The van der Waals surface area contributed by atoms with Crippen molar-refractivity contribution in [3.63, 3.8) is 0 Å². The van der Waals surface area contributed by atoms with Crippen LogP contribution in [-0.4, -0.2) is 51.6 Å². The monoisotopic (exact) mass is 575 g/mol. The Hall–Kier alpha value is -3.48. The molecule has 0 saturated carbocycles. The van der Waals surface area contributed by atoms with E-state index in [1.165, 1.54) is 22.5 Å². The maximum absolute atomic E-state index is 4.24. The second-order valence-electron chi connectivity index (χ2n) is 11.5. The van der Waals surface area contributed by atoms with Crippen molar-refractivity contribution in [3.8, 4) is 0 Å². The first-order valence-electron chi connectivity index (χ1n) is 14.9. The number of pyridine rings is 1. The highest BCUT2D eigenvalue weighted by atomic mass is 15.3. The SMILES string of the molecule is C.CC(C)C1=CCC=N1.CC(C)C1=CCN=C1.CC(C)C1=NCC=C1.CC(C)c1cccnc1.CC(C)c1cn[nH]n1. The minimum absolute atomic E-state index is 0. The van der Waals surface area contributed by atoms with Crippen LogP contribution in [-0.2, 0) is 0 Å². The number of aromatic nitrogens is 4. The fraction of sp³-hybridized carbons (Fsp3) is 0.543. The first-order chi connectivity index (χ1) is 19.5. The van der Waals surface area contributed by atoms with E-state index in [9.17, 15) is 0 Å². The maximum atomic E-state index is 4.24. The third-order valence-corrected chi connectivity index (χ3v) is 6.24. The van der Waals surface area contributed by atoms with Gasteiger partial charge >= 0.3 is 0 Å². The van der Waals surface area contributed by atoms with Gasteiger partial charge in [0.15, 0.2) is 0 Å². The van der Waals surface area contributed by atoms with Crippen LogP contribution in [0.25, 0.3) is 0 Å². The van der Waals surface area contributed by atoms with Crippen molar-refractivity contribution in [2.24, 2.45) is 32.7 Å². The molecule has 5 rings (SSSR count). The number of rotatable bonds is 5. The molecule has 0 fully saturated rings. The lowest BCUT2D eigenvalue weighted by atomic mass is 10.1. The Bertz CT molecular complexity index is 1050. The standard InChI is InChI=1S/C8H11N.3C7H11N.C5H9N3.CH4/c1-7(2)8-4-3-5-9-6-8;1-6(2)7-3-4-8-5-7;2*1-6(2)7-4-3-5-8-7;1-4(2)5-3-6-8-7-5;/h3-7H,1-2H3;3,5-6H,4H2,1-2H3;4-6H,3H2,1-2H3;3-4,6H,5H2,1-2H3;3-4H,1-2H3,(H,6,7,8);1H4. The second kappa shape index (κ2) is 22.2. The van der Waals surface area contributed by atoms with Gasteiger partial charge in [-0.3, -0.25) is 20.0 Å². The molecular formula is C35H57N7. The Kier molecular flexibility index (Phi) is 20.3. The molecular weight excluding hydrogens is 518 g/mol. The van der Waals surface area contributed by atoms with Gasteiger partial charge < -0.3 is 0 Å². The zero-order chi connectivity index (χ0) is 30.6. The van der Waals surface area contributed by atoms with Gasteiger partial charge in [0, 0.05) is 42.7 Å². The molecule has 0 aliphatic carbocycles. The van der Waals surface area contributed by atoms with E-state index in [2.05, 4.69) is 135 Å². The molecule has 0 unspecified atom stereocenters. The number of aromatic amines is 1. The van der Waals surface area contributed by atoms with Crippen molar-refractivity contribution in [1.82, 2.24) is 20.4 Å². The van der Waals surface area contributed by atoms with Gasteiger partial charge in [0.2, 0.25) is 0 Å². The first kappa shape index (κ1) is 38.5. The van der Waals surface area contributed by atoms with Crippen LogP contribution >= 0.6 is 0 Å². The van der Waals surface area contributed by atoms with E-state index in [0.717, 1.165) is 25.2 Å². The number of allylic oxidation sites excluding steroid dienone is 4. The maximum Gasteiger partial charge on any atom is 0.0850 e. The second-order valence-corrected chi connectivity index (χ2v) is 11.5. The fourth-order valence-electron chi connectivity index (χ4n) is 3.49. The van der Waals surface area contributed by atoms with E-state index in [1.54, 1.807) is 12.4 Å². The summed E-state index contributed by atoms with van der Waals surface area (Å²) in [5.41, 5.74) is 6.18. The van der Waals surface area contributed by atoms with Gasteiger partial charge in [0.05, 0.1) is 25.0 Å². The molecule has 0 atom stereocenters. The lowest BCUT2D eigenvalue weighted by Crippen LogP contribution is -2.00. The quantitative estimate of drug-likeness (QED) is 0.385. The van der Waals surface area contributed by atoms with Crippen LogP contribution in [0, 0.1) is 17.8 Å². The smallest absolute Gasteiger partial charge is 0.0850 e. The molecule has 2 aromatic heterocycles. The van der Waals surface area contributed by atoms with Crippen LogP contribution in [0.1, 0.15) is 106 Å². The molecule has 0 radical (unpaired) electrons. The summed E-state index contributed by atoms with van der Waals surface area (Å²) in [7, 11) is 0. The van der Waals surface area contributed by atoms with Crippen molar-refractivity contribution < 1.29 is 0 Å². The Morgan fingerprint density at radius 3 is 1.79 bits per heavy atom. The van der Waals surface area contributed by atoms with Crippen molar-refractivity contribution in [2.45, 2.75) is 94.9 Å². The van der Waals surface area contributed by atoms with Crippen LogP contribution in [0.5, 0.6) is 0 Å². The summed E-state index contributed by atoms with van der Waals surface area (Å²) < 4.78 is 0. The number of aliphatic imine (C=N–C) groups is 3. The number of nitrogens with zero attached hydrogens (tertiary/aromatic N) is 6. The molecule has 42 heavy (non-hydrogen) atoms. The van der Waals surface area contributed by atoms with E-state index in [4.69, 9.17) is 0 Å². The molecule has 0 spiro atoms. The van der Waals surface area contributed by atoms with Crippen LogP contribution in [0.15, 0.2) is 81.3 Å². The van der Waals surface area contributed by atoms with Crippen molar-refractivity contribution in [1.29, 1.82) is 0 Å². The van der Waals surface area contributed by atoms with E-state index in [1.807, 2.05) is 24.7 Å². The predicted molar refractivity (Wildman–Crippen MR) is 184 cm³/mol. The molecule has 232 valence electrons. The van der Waals surface area contributed by atoms with Crippen LogP contribution < -0.4 is 0 Å². The van der Waals surface area contributed by atoms with Gasteiger partial charge in [-0.15, -0.1) is 0 Å². The minimum Gasteiger partial charge on any atom is -0.289 e. The molecule has 7 nitrogen and oxygen atoms in total. The zero-order valence-corrected chi connectivity index (χ0v) is 27.0. The van der Waals surface area contributed by atoms with E-state index in [0.29, 0.717) is 29.6 Å². The summed E-state index contributed by atoms with van der Waals surface area (Å²) in [5, 5.41) is 10.1. The van der Waals surface area contributed by atoms with E-state index < -0.39 is 0 Å². The van der Waals surface area contributed by atoms with Gasteiger partial charge in [-0.05, 0) is 52.9 Å². The molecule has 0 aromatic carbocycles. The average Bonchev–Trinajstić information content (AvgIpc) is 3.78. The highest BCUT2D eigenvalue weighted by Crippen LogP contribution is 2.14. The molecule has 7 heteroatoms. The van der Waals surface area contributed by atoms with Gasteiger partial charge in [0.1, 0.15) is 0 Å². The molecule has 0 bridgehead atoms. The van der Waals surface area contributed by atoms with Crippen molar-refractivity contribution in [3.05, 3.63) is 77.6 Å². The normalized spacial score (nSPS) is 14.2. The molecule has 1 N–H and O–H groups in total. The van der Waals surface area contributed by atoms with Crippen LogP contribution in [0.4, 0.5) is 0 Å². The highest BCUT2D eigenvalue weighted by molar-refractivity contribution is 5.97. The highest BCUT2D eigenvalue weighted by Gasteiger charge is 2.03. The molecule has 0 amide bonds. The third kappa shape index (κ3) is 16.7. The summed E-state index contributed by atoms with van der Waals surface area (Å²) in [4.78, 5) is 16.5. The lowest BCUT2D eigenvalue weighted by Gasteiger charge is -2.00. The van der Waals surface area contributed by atoms with Gasteiger partial charge in [-0.2, -0.15) is 15.4 Å². The first-order valence-corrected chi connectivity index (χ1v) is 14.9. The third-order valence-electron chi connectivity index (χ3n) is 6.24. The van der Waals surface area contributed by atoms with Crippen molar-refractivity contribution in [2.75, 3.05) is 13.1 Å². The Morgan fingerprint density at radius 2 is 1.52 bits per heavy atom. The topological polar surface area (TPSA) is 91.5 Å². The van der Waals surface area contributed by atoms with Gasteiger partial charge in [-0.25, -0.2) is 0 Å². The van der Waals surface area contributed by atoms with Gasteiger partial charge in [0.25, 0.3) is 0 Å². The predicted octanol–water partition coefficient (Wildman–Crippen LogP) is 9.08. The summed E-state index contributed by atoms with van der Waals surface area (Å²) in [6.07, 6.45) is 18.9. The number of nitrogens with one attached hydrogen (secondary N) is 1. The minimum atomic E-state index is 0. The largest absolute Gasteiger partial charge is 0.289 e. The van der Waals surface area contributed by atoms with Gasteiger partial charge in [-0.1, -0.05) is 101 Å². The van der Waals surface area contributed by atoms with Crippen LogP contribution in [0.2, 0.25) is 0 Å². The van der Waals surface area contributed by atoms with E-state index >= 15 is 0 Å². The average molecular weight is 576 g/mol. The Labute approximate surface area is 256 Å². The van der Waals surface area contributed by atoms with E-state index in [-0.39, 0.29) is 7.43 Å². The number of H-pyrrole nitrogens is 1. The molecule has 0 saturated heterocycles. The fourth-order valence-corrected chi connectivity index (χ4v) is 3.49. The molecule has 3 aliphatic heterocycles. The Balaban J connectivity index is 0.000000498. The molecule has 3 aliphatic rings. The Morgan fingerprint density at radius 1 is 0.786 bits per heavy atom. The summed E-state index contributed by atoms with van der Waals surface area (Å²) in [6, 6.07) is 4.06. The molecule has 5 heterocycles. The number of hydrogen-bond donors (Lipinski definition) is 1. The molecule has 2 aromatic rings. The number of hydrogen-bond acceptors (Lipinski definition) is 6. The summed E-state index contributed by atoms with van der Waals surface area (Å²) in [5.74, 6) is 2.94. The zero-order valence-electron chi connectivity index (χ0n) is 27.0. The van der Waals surface area contributed by atoms with Crippen LogP contribution in [0.3, 0.4) is 0 Å². The summed E-state index contributed by atoms with van der Waals surface area (Å²) in [6.45, 7) is 23.3. The van der Waals surface area contributed by atoms with Crippen molar-refractivity contribution >= 4 is 18.1 Å².